The molecular weight excluding hydrogens is 920 g/mol. The Morgan fingerprint density at radius 2 is 0.620 bits per heavy atom. The van der Waals surface area contributed by atoms with Crippen LogP contribution in [-0.2, 0) is 25.2 Å². The first kappa shape index (κ1) is 48.4. The van der Waals surface area contributed by atoms with E-state index in [-0.39, 0.29) is 20.6 Å². The number of methoxy groups -OCH3 is 1. The molecule has 0 radical (unpaired) electrons. The quantitative estimate of drug-likeness (QED) is 0.0891. The van der Waals surface area contributed by atoms with E-state index < -0.39 is 17.0 Å². The molecule has 1 unspecified atom stereocenters. The predicted molar refractivity (Wildman–Crippen MR) is 286 cm³/mol. The summed E-state index contributed by atoms with van der Waals surface area (Å²) in [6.07, 6.45) is 0. The van der Waals surface area contributed by atoms with Crippen LogP contribution in [0.1, 0.15) is 55.5 Å². The van der Waals surface area contributed by atoms with Crippen molar-refractivity contribution in [2.75, 3.05) is 7.11 Å². The SMILES string of the molecule is COc1ccc(C(C)(C)c2ccc(Oc3ccc(S(=O)(=O)c4ccc(Oc5ccc(C(C)(C)c6ccc(Oc7ccc(P(=O)(c8ccccc8)c8ccc(C)cc8)cc7)cc6)cc5)cc4)cc3)cc2)cc1. The molecule has 9 aromatic carbocycles. The second-order valence-electron chi connectivity index (χ2n) is 18.6. The third-order valence-corrected chi connectivity index (χ3v) is 18.1. The minimum atomic E-state index is -3.80. The van der Waals surface area contributed by atoms with Gasteiger partial charge in [0.1, 0.15) is 40.2 Å². The summed E-state index contributed by atoms with van der Waals surface area (Å²) < 4.78 is 65.9. The Kier molecular flexibility index (Phi) is 13.6. The lowest BCUT2D eigenvalue weighted by Gasteiger charge is -2.26. The fourth-order valence-corrected chi connectivity index (χ4v) is 12.5. The van der Waals surface area contributed by atoms with Gasteiger partial charge in [0.15, 0.2) is 7.14 Å². The van der Waals surface area contributed by atoms with Crippen LogP contribution in [0.25, 0.3) is 0 Å². The van der Waals surface area contributed by atoms with Crippen molar-refractivity contribution >= 4 is 32.9 Å². The highest BCUT2D eigenvalue weighted by atomic mass is 32.2. The lowest BCUT2D eigenvalue weighted by Crippen LogP contribution is -2.24. The van der Waals surface area contributed by atoms with Crippen LogP contribution in [0.15, 0.2) is 234 Å². The third kappa shape index (κ3) is 10.3. The maximum atomic E-state index is 14.9. The van der Waals surface area contributed by atoms with Gasteiger partial charge in [0.05, 0.1) is 16.9 Å². The molecule has 0 amide bonds. The molecule has 0 N–H and O–H groups in total. The highest BCUT2D eigenvalue weighted by Crippen LogP contribution is 2.43. The Morgan fingerprint density at radius 3 is 0.944 bits per heavy atom. The molecule has 0 aliphatic carbocycles. The lowest BCUT2D eigenvalue weighted by molar-refractivity contribution is 0.414. The number of benzene rings is 9. The van der Waals surface area contributed by atoms with Crippen LogP contribution in [0.3, 0.4) is 0 Å². The number of sulfone groups is 1. The summed E-state index contributed by atoms with van der Waals surface area (Å²) in [6, 6.07) is 70.0. The standard InChI is InChI=1S/C62H55O7PS/c1-44-12-36-57(37-13-44)70(63,56-10-8-7-9-11-56)58-38-30-53(31-39-58)67-50-24-16-47(17-25-50)62(4,5)48-20-28-52(29-21-48)69-55-34-42-60(43-35-55)71(64,65)59-40-32-54(33-41-59)68-51-26-18-46(19-27-51)61(2,3)45-14-22-49(66-6)23-15-45/h7-43H,1-6H3. The van der Waals surface area contributed by atoms with Gasteiger partial charge in [-0.1, -0.05) is 136 Å². The van der Waals surface area contributed by atoms with Crippen LogP contribution in [0, 0.1) is 6.92 Å². The summed E-state index contributed by atoms with van der Waals surface area (Å²) in [4.78, 5) is 0.317. The van der Waals surface area contributed by atoms with Crippen molar-refractivity contribution < 1.29 is 31.9 Å². The Labute approximate surface area is 417 Å². The van der Waals surface area contributed by atoms with Gasteiger partial charge in [0, 0.05) is 26.7 Å². The minimum absolute atomic E-state index is 0.157. The largest absolute Gasteiger partial charge is 0.497 e. The second-order valence-corrected chi connectivity index (χ2v) is 23.3. The average Bonchev–Trinajstić information content (AvgIpc) is 3.40. The summed E-state index contributed by atoms with van der Waals surface area (Å²) in [5.74, 6) is 4.47. The summed E-state index contributed by atoms with van der Waals surface area (Å²) >= 11 is 0. The molecule has 356 valence electrons. The van der Waals surface area contributed by atoms with Crippen LogP contribution in [-0.4, -0.2) is 15.5 Å². The van der Waals surface area contributed by atoms with E-state index in [1.807, 2.05) is 159 Å². The van der Waals surface area contributed by atoms with E-state index in [0.717, 1.165) is 43.9 Å². The molecule has 71 heavy (non-hydrogen) atoms. The van der Waals surface area contributed by atoms with Crippen molar-refractivity contribution in [2.24, 2.45) is 0 Å². The zero-order chi connectivity index (χ0) is 49.8. The van der Waals surface area contributed by atoms with Gasteiger partial charge in [-0.25, -0.2) is 8.42 Å². The zero-order valence-electron chi connectivity index (χ0n) is 40.6. The Hall–Kier alpha value is -7.64. The summed E-state index contributed by atoms with van der Waals surface area (Å²) in [6.45, 7) is 10.7. The van der Waals surface area contributed by atoms with E-state index >= 15 is 0 Å². The Morgan fingerprint density at radius 1 is 0.352 bits per heavy atom. The molecule has 9 aromatic rings. The highest BCUT2D eigenvalue weighted by molar-refractivity contribution is 7.91. The molecular formula is C62H55O7PS. The molecule has 9 heteroatoms. The predicted octanol–water partition coefficient (Wildman–Crippen LogP) is 14.5. The molecule has 0 aliphatic rings. The normalized spacial score (nSPS) is 12.6. The highest BCUT2D eigenvalue weighted by Gasteiger charge is 2.30. The van der Waals surface area contributed by atoms with Crippen LogP contribution in [0.2, 0.25) is 0 Å². The van der Waals surface area contributed by atoms with Crippen molar-refractivity contribution in [1.29, 1.82) is 0 Å². The molecule has 0 fully saturated rings. The van der Waals surface area contributed by atoms with Crippen LogP contribution >= 0.6 is 7.14 Å². The van der Waals surface area contributed by atoms with Crippen molar-refractivity contribution in [2.45, 2.75) is 55.2 Å². The van der Waals surface area contributed by atoms with Crippen molar-refractivity contribution in [3.05, 3.63) is 252 Å². The maximum absolute atomic E-state index is 14.9. The van der Waals surface area contributed by atoms with E-state index in [9.17, 15) is 13.0 Å². The van der Waals surface area contributed by atoms with E-state index in [1.165, 1.54) is 5.56 Å². The monoisotopic (exact) mass is 974 g/mol. The van der Waals surface area contributed by atoms with E-state index in [2.05, 4.69) is 52.0 Å². The first-order valence-corrected chi connectivity index (χ1v) is 26.6. The average molecular weight is 975 g/mol. The summed E-state index contributed by atoms with van der Waals surface area (Å²) in [5.41, 5.74) is 5.03. The van der Waals surface area contributed by atoms with E-state index in [4.69, 9.17) is 18.9 Å². The number of hydrogen-bond donors (Lipinski definition) is 0. The number of aryl methyl sites for hydroxylation is 1. The van der Waals surface area contributed by atoms with Crippen LogP contribution in [0.5, 0.6) is 40.2 Å². The van der Waals surface area contributed by atoms with Gasteiger partial charge in [0.2, 0.25) is 9.84 Å². The topological polar surface area (TPSA) is 88.1 Å². The fourth-order valence-electron chi connectivity index (χ4n) is 8.64. The molecule has 0 saturated heterocycles. The lowest BCUT2D eigenvalue weighted by atomic mass is 9.78. The zero-order valence-corrected chi connectivity index (χ0v) is 42.3. The number of rotatable bonds is 16. The third-order valence-electron chi connectivity index (χ3n) is 13.2. The van der Waals surface area contributed by atoms with Crippen LogP contribution in [0.4, 0.5) is 0 Å². The van der Waals surface area contributed by atoms with Crippen molar-refractivity contribution in [3.63, 3.8) is 0 Å². The number of hydrogen-bond acceptors (Lipinski definition) is 7. The molecule has 9 rings (SSSR count). The first-order valence-electron chi connectivity index (χ1n) is 23.4. The molecule has 0 aliphatic heterocycles. The van der Waals surface area contributed by atoms with Crippen molar-refractivity contribution in [3.8, 4) is 40.2 Å². The Balaban J connectivity index is 0.796. The van der Waals surface area contributed by atoms with Crippen molar-refractivity contribution in [1.82, 2.24) is 0 Å². The number of ether oxygens (including phenoxy) is 4. The van der Waals surface area contributed by atoms with Gasteiger partial charge in [0.25, 0.3) is 0 Å². The van der Waals surface area contributed by atoms with Gasteiger partial charge < -0.3 is 23.5 Å². The van der Waals surface area contributed by atoms with E-state index in [1.54, 1.807) is 55.6 Å². The van der Waals surface area contributed by atoms with Gasteiger partial charge in [-0.3, -0.25) is 0 Å². The Bertz CT molecular complexity index is 3390. The second kappa shape index (κ2) is 20.0. The first-order chi connectivity index (χ1) is 34.1. The summed E-state index contributed by atoms with van der Waals surface area (Å²) in [5, 5.41) is 2.32. The summed E-state index contributed by atoms with van der Waals surface area (Å²) in [7, 11) is -5.24. The van der Waals surface area contributed by atoms with E-state index in [0.29, 0.717) is 34.5 Å². The molecule has 0 saturated carbocycles. The fraction of sp³-hybridized carbons (Fsp3) is 0.129. The van der Waals surface area contributed by atoms with Gasteiger partial charge >= 0.3 is 0 Å². The molecule has 0 spiro atoms. The smallest absolute Gasteiger partial charge is 0.206 e. The molecule has 0 bridgehead atoms. The van der Waals surface area contributed by atoms with Gasteiger partial charge in [-0.2, -0.15) is 0 Å². The maximum Gasteiger partial charge on any atom is 0.206 e. The molecule has 0 heterocycles. The van der Waals surface area contributed by atoms with Gasteiger partial charge in [-0.15, -0.1) is 0 Å². The molecule has 1 atom stereocenters. The van der Waals surface area contributed by atoms with Gasteiger partial charge in [-0.05, 0) is 151 Å². The van der Waals surface area contributed by atoms with Crippen LogP contribution < -0.4 is 34.9 Å². The molecule has 0 aromatic heterocycles. The minimum Gasteiger partial charge on any atom is -0.497 e. The molecule has 7 nitrogen and oxygen atoms in total.